The molecule has 6 nitrogen and oxygen atoms in total. The summed E-state index contributed by atoms with van der Waals surface area (Å²) >= 11 is 0. The molecule has 0 saturated carbocycles. The number of hydrogen-bond acceptors (Lipinski definition) is 4. The van der Waals surface area contributed by atoms with Crippen molar-refractivity contribution in [2.45, 2.75) is 39.0 Å². The van der Waals surface area contributed by atoms with E-state index >= 15 is 0 Å². The lowest BCUT2D eigenvalue weighted by atomic mass is 9.78. The summed E-state index contributed by atoms with van der Waals surface area (Å²) in [6.07, 6.45) is 8.76. The van der Waals surface area contributed by atoms with Crippen molar-refractivity contribution in [2.24, 2.45) is 5.41 Å². The number of aromatic nitrogens is 2. The van der Waals surface area contributed by atoms with Gasteiger partial charge in [-0.3, -0.25) is 9.89 Å². The fourth-order valence-electron chi connectivity index (χ4n) is 6.43. The van der Waals surface area contributed by atoms with Gasteiger partial charge in [0.25, 0.3) is 0 Å². The number of amides is 1. The SMILES string of the molecule is C=CC(=O)N1CC2(CCN(c3cc4c(c(-c5c(C)ccc6[nH]ncc56)c3C#N)CCCC4)C2)C1. The lowest BCUT2D eigenvalue weighted by molar-refractivity contribution is -0.136. The predicted molar refractivity (Wildman–Crippen MR) is 134 cm³/mol. The molecule has 172 valence electrons. The second kappa shape index (κ2) is 7.73. The minimum atomic E-state index is 0.0153. The summed E-state index contributed by atoms with van der Waals surface area (Å²) in [5.74, 6) is 0.0153. The molecule has 34 heavy (non-hydrogen) atoms. The van der Waals surface area contributed by atoms with Crippen molar-refractivity contribution in [1.29, 1.82) is 5.26 Å². The molecule has 1 spiro atoms. The van der Waals surface area contributed by atoms with Crippen LogP contribution in [-0.4, -0.2) is 47.2 Å². The molecule has 6 heteroatoms. The van der Waals surface area contributed by atoms with Gasteiger partial charge < -0.3 is 9.80 Å². The summed E-state index contributed by atoms with van der Waals surface area (Å²) in [4.78, 5) is 16.3. The molecule has 2 aliphatic heterocycles. The number of anilines is 1. The van der Waals surface area contributed by atoms with E-state index < -0.39 is 0 Å². The van der Waals surface area contributed by atoms with Crippen LogP contribution in [0.3, 0.4) is 0 Å². The number of aryl methyl sites for hydroxylation is 2. The number of aromatic amines is 1. The third-order valence-electron chi connectivity index (χ3n) is 8.14. The van der Waals surface area contributed by atoms with E-state index in [0.29, 0.717) is 0 Å². The number of nitrogens with one attached hydrogen (secondary N) is 1. The molecule has 1 N–H and O–H groups in total. The van der Waals surface area contributed by atoms with Crippen molar-refractivity contribution in [2.75, 3.05) is 31.1 Å². The Hall–Kier alpha value is -3.59. The minimum absolute atomic E-state index is 0.0153. The van der Waals surface area contributed by atoms with E-state index in [1.165, 1.54) is 29.2 Å². The summed E-state index contributed by atoms with van der Waals surface area (Å²) < 4.78 is 0. The van der Waals surface area contributed by atoms with E-state index in [0.717, 1.165) is 85.1 Å². The maximum absolute atomic E-state index is 12.0. The normalized spacial score (nSPS) is 18.6. The molecule has 3 aliphatic rings. The van der Waals surface area contributed by atoms with Crippen molar-refractivity contribution in [3.63, 3.8) is 0 Å². The highest BCUT2D eigenvalue weighted by Crippen LogP contribution is 2.47. The standard InChI is InChI=1S/C28H29N5O/c1-3-25(34)33-16-28(17-33)10-11-32(15-28)24-12-19-6-4-5-7-20(19)27(21(24)13-29)26-18(2)8-9-23-22(26)14-30-31-23/h3,8-9,12,14H,1,4-7,10-11,15-17H2,2H3,(H,30,31). The van der Waals surface area contributed by atoms with Gasteiger partial charge in [-0.1, -0.05) is 12.6 Å². The Balaban J connectivity index is 1.48. The van der Waals surface area contributed by atoms with Gasteiger partial charge in [-0.25, -0.2) is 0 Å². The highest BCUT2D eigenvalue weighted by atomic mass is 16.2. The number of fused-ring (bicyclic) bond motifs is 2. The van der Waals surface area contributed by atoms with Crippen LogP contribution in [0.1, 0.15) is 41.5 Å². The molecule has 1 amide bonds. The van der Waals surface area contributed by atoms with Gasteiger partial charge in [0.05, 0.1) is 23.0 Å². The van der Waals surface area contributed by atoms with Gasteiger partial charge in [0, 0.05) is 42.5 Å². The minimum Gasteiger partial charge on any atom is -0.370 e. The zero-order chi connectivity index (χ0) is 23.4. The van der Waals surface area contributed by atoms with Gasteiger partial charge in [0.15, 0.2) is 0 Å². The Morgan fingerprint density at radius 2 is 2.06 bits per heavy atom. The van der Waals surface area contributed by atoms with Crippen molar-refractivity contribution < 1.29 is 4.79 Å². The van der Waals surface area contributed by atoms with Crippen LogP contribution in [0.4, 0.5) is 5.69 Å². The largest absolute Gasteiger partial charge is 0.370 e. The molecule has 6 rings (SSSR count). The fraction of sp³-hybridized carbons (Fsp3) is 0.393. The van der Waals surface area contributed by atoms with Crippen LogP contribution in [0.5, 0.6) is 0 Å². The van der Waals surface area contributed by atoms with Gasteiger partial charge in [-0.2, -0.15) is 10.4 Å². The second-order valence-electron chi connectivity index (χ2n) is 10.3. The van der Waals surface area contributed by atoms with E-state index in [1.807, 2.05) is 11.1 Å². The van der Waals surface area contributed by atoms with Gasteiger partial charge in [0.1, 0.15) is 6.07 Å². The fourth-order valence-corrected chi connectivity index (χ4v) is 6.43. The summed E-state index contributed by atoms with van der Waals surface area (Å²) in [5.41, 5.74) is 9.11. The molecule has 0 bridgehead atoms. The number of carbonyl (C=O) groups is 1. The van der Waals surface area contributed by atoms with Crippen LogP contribution in [-0.2, 0) is 17.6 Å². The number of hydrogen-bond donors (Lipinski definition) is 1. The molecule has 2 aromatic carbocycles. The quantitative estimate of drug-likeness (QED) is 0.595. The number of likely N-dealkylation sites (tertiary alicyclic amines) is 1. The smallest absolute Gasteiger partial charge is 0.245 e. The first kappa shape index (κ1) is 21.0. The average molecular weight is 452 g/mol. The molecule has 1 aliphatic carbocycles. The third-order valence-corrected chi connectivity index (χ3v) is 8.14. The zero-order valence-corrected chi connectivity index (χ0v) is 19.7. The number of carbonyl (C=O) groups excluding carboxylic acids is 1. The Morgan fingerprint density at radius 1 is 1.24 bits per heavy atom. The van der Waals surface area contributed by atoms with Crippen molar-refractivity contribution in [3.8, 4) is 17.2 Å². The first-order valence-electron chi connectivity index (χ1n) is 12.2. The lowest BCUT2D eigenvalue weighted by Gasteiger charge is -2.47. The molecule has 3 heterocycles. The molecule has 2 fully saturated rings. The number of H-pyrrole nitrogens is 1. The first-order valence-corrected chi connectivity index (χ1v) is 12.2. The van der Waals surface area contributed by atoms with Crippen LogP contribution in [0.2, 0.25) is 0 Å². The summed E-state index contributed by atoms with van der Waals surface area (Å²) in [7, 11) is 0. The number of nitrogens with zero attached hydrogens (tertiary/aromatic N) is 4. The van der Waals surface area contributed by atoms with Gasteiger partial charge in [-0.05, 0) is 79.5 Å². The van der Waals surface area contributed by atoms with Gasteiger partial charge in [-0.15, -0.1) is 0 Å². The summed E-state index contributed by atoms with van der Waals surface area (Å²) in [6, 6.07) is 9.12. The van der Waals surface area contributed by atoms with E-state index in [4.69, 9.17) is 0 Å². The van der Waals surface area contributed by atoms with Gasteiger partial charge in [0.2, 0.25) is 5.91 Å². The molecular formula is C28H29N5O. The van der Waals surface area contributed by atoms with Crippen LogP contribution in [0.15, 0.2) is 37.1 Å². The molecule has 0 atom stereocenters. The highest BCUT2D eigenvalue weighted by molar-refractivity contribution is 6.00. The number of nitriles is 1. The van der Waals surface area contributed by atoms with E-state index in [-0.39, 0.29) is 11.3 Å². The van der Waals surface area contributed by atoms with Gasteiger partial charge >= 0.3 is 0 Å². The number of benzene rings is 2. The zero-order valence-electron chi connectivity index (χ0n) is 19.7. The van der Waals surface area contributed by atoms with Crippen LogP contribution in [0.25, 0.3) is 22.0 Å². The Bertz CT molecular complexity index is 1370. The Kier molecular flexibility index (Phi) is 4.77. The van der Waals surface area contributed by atoms with Crippen molar-refractivity contribution in [3.05, 3.63) is 59.3 Å². The van der Waals surface area contributed by atoms with E-state index in [2.05, 4.69) is 52.9 Å². The van der Waals surface area contributed by atoms with Crippen molar-refractivity contribution >= 4 is 22.5 Å². The van der Waals surface area contributed by atoms with Crippen molar-refractivity contribution in [1.82, 2.24) is 15.1 Å². The molecule has 1 aromatic heterocycles. The first-order chi connectivity index (χ1) is 16.5. The summed E-state index contributed by atoms with van der Waals surface area (Å²) in [6.45, 7) is 9.12. The molecule has 2 saturated heterocycles. The molecule has 3 aromatic rings. The molecule has 0 radical (unpaired) electrons. The highest BCUT2D eigenvalue weighted by Gasteiger charge is 2.49. The summed E-state index contributed by atoms with van der Waals surface area (Å²) in [5, 5.41) is 19.0. The third kappa shape index (κ3) is 3.07. The predicted octanol–water partition coefficient (Wildman–Crippen LogP) is 4.51. The monoisotopic (exact) mass is 451 g/mol. The Labute approximate surface area is 199 Å². The maximum Gasteiger partial charge on any atom is 0.245 e. The van der Waals surface area contributed by atoms with Crippen LogP contribution < -0.4 is 4.90 Å². The van der Waals surface area contributed by atoms with E-state index in [9.17, 15) is 10.1 Å². The number of rotatable bonds is 3. The maximum atomic E-state index is 12.0. The second-order valence-corrected chi connectivity index (χ2v) is 10.3. The van der Waals surface area contributed by atoms with E-state index in [1.54, 1.807) is 0 Å². The topological polar surface area (TPSA) is 76.0 Å². The van der Waals surface area contributed by atoms with Crippen LogP contribution >= 0.6 is 0 Å². The average Bonchev–Trinajstić information content (AvgIpc) is 3.49. The lowest BCUT2D eigenvalue weighted by Crippen LogP contribution is -2.59. The van der Waals surface area contributed by atoms with Crippen LogP contribution in [0, 0.1) is 23.7 Å². The Morgan fingerprint density at radius 3 is 2.85 bits per heavy atom. The molecular weight excluding hydrogens is 422 g/mol. The molecule has 0 unspecified atom stereocenters.